The number of rotatable bonds is 14. The topological polar surface area (TPSA) is 123 Å². The summed E-state index contributed by atoms with van der Waals surface area (Å²) in [6.45, 7) is 10.0. The van der Waals surface area contributed by atoms with Crippen LogP contribution in [0.4, 0.5) is 27.8 Å². The molecular formula is C32H46N8O3Si. The zero-order chi connectivity index (χ0) is 31.9. The minimum atomic E-state index is -1.35. The molecule has 236 valence electrons. The minimum absolute atomic E-state index is 0.382. The van der Waals surface area contributed by atoms with Crippen molar-refractivity contribution in [1.29, 1.82) is 0 Å². The standard InChI is InChI=1S/C32H46N8O3Si/c1-38(15-13-33)16-17-39(2)29-21-30(42-4)27(20-26(29)37-32(41)43-18-19-44(5,6)7)36-31-34-14-12-25(35-31)24-22-40(3)28-11-9-8-10-23(24)28/h8-12,14,20-22H,13,15-19,33H2,1-7H3,(H,37,41)(H,34,35,36). The van der Waals surface area contributed by atoms with E-state index >= 15 is 0 Å². The third kappa shape index (κ3) is 8.49. The molecule has 1 amide bonds. The van der Waals surface area contributed by atoms with Gasteiger partial charge in [-0.3, -0.25) is 5.32 Å². The predicted molar refractivity (Wildman–Crippen MR) is 183 cm³/mol. The Labute approximate surface area is 261 Å². The second-order valence-electron chi connectivity index (χ2n) is 12.2. The van der Waals surface area contributed by atoms with E-state index in [4.69, 9.17) is 20.2 Å². The molecule has 0 aliphatic rings. The molecule has 0 saturated heterocycles. The summed E-state index contributed by atoms with van der Waals surface area (Å²) in [5.74, 6) is 0.987. The second kappa shape index (κ2) is 14.6. The number of benzene rings is 2. The number of nitrogens with one attached hydrogen (secondary N) is 2. The first-order valence-corrected chi connectivity index (χ1v) is 18.6. The lowest BCUT2D eigenvalue weighted by molar-refractivity contribution is 0.167. The first kappa shape index (κ1) is 32.8. The Bertz CT molecular complexity index is 1570. The van der Waals surface area contributed by atoms with E-state index in [1.54, 1.807) is 13.3 Å². The van der Waals surface area contributed by atoms with Gasteiger partial charge in [0.1, 0.15) is 5.75 Å². The highest BCUT2D eigenvalue weighted by molar-refractivity contribution is 6.76. The first-order chi connectivity index (χ1) is 21.0. The van der Waals surface area contributed by atoms with Crippen LogP contribution < -0.4 is 26.0 Å². The zero-order valence-corrected chi connectivity index (χ0v) is 28.0. The van der Waals surface area contributed by atoms with Gasteiger partial charge in [-0.1, -0.05) is 37.8 Å². The summed E-state index contributed by atoms with van der Waals surface area (Å²) in [4.78, 5) is 26.5. The molecule has 4 N–H and O–H groups in total. The number of aryl methyl sites for hydroxylation is 1. The molecule has 0 radical (unpaired) electrons. The van der Waals surface area contributed by atoms with Gasteiger partial charge < -0.3 is 34.9 Å². The van der Waals surface area contributed by atoms with Gasteiger partial charge in [0.15, 0.2) is 0 Å². The number of likely N-dealkylation sites (N-methyl/N-ethyl adjacent to an activating group) is 2. The van der Waals surface area contributed by atoms with Gasteiger partial charge in [-0.2, -0.15) is 0 Å². The molecule has 11 nitrogen and oxygen atoms in total. The fourth-order valence-electron chi connectivity index (χ4n) is 4.86. The molecule has 0 unspecified atom stereocenters. The van der Waals surface area contributed by atoms with E-state index in [9.17, 15) is 4.79 Å². The molecule has 0 spiro atoms. The predicted octanol–water partition coefficient (Wildman–Crippen LogP) is 5.60. The van der Waals surface area contributed by atoms with Crippen LogP contribution in [0.1, 0.15) is 0 Å². The molecule has 2 aromatic carbocycles. The first-order valence-electron chi connectivity index (χ1n) is 14.9. The number of amides is 1. The summed E-state index contributed by atoms with van der Waals surface area (Å²) in [6, 6.07) is 14.7. The third-order valence-electron chi connectivity index (χ3n) is 7.45. The van der Waals surface area contributed by atoms with Crippen molar-refractivity contribution in [3.63, 3.8) is 0 Å². The van der Waals surface area contributed by atoms with Gasteiger partial charge in [0.25, 0.3) is 0 Å². The maximum absolute atomic E-state index is 12.9. The number of carbonyl (C=O) groups excluding carboxylic acids is 1. The molecular weight excluding hydrogens is 572 g/mol. The summed E-state index contributed by atoms with van der Waals surface area (Å²) in [5, 5.41) is 7.40. The number of aromatic nitrogens is 3. The van der Waals surface area contributed by atoms with Crippen molar-refractivity contribution in [2.24, 2.45) is 12.8 Å². The number of nitrogens with zero attached hydrogens (tertiary/aromatic N) is 5. The zero-order valence-electron chi connectivity index (χ0n) is 27.0. The van der Waals surface area contributed by atoms with Crippen molar-refractivity contribution in [2.75, 3.05) is 69.5 Å². The number of hydrogen-bond donors (Lipinski definition) is 3. The Hall–Kier alpha value is -4.13. The molecule has 0 saturated carbocycles. The van der Waals surface area contributed by atoms with Crippen LogP contribution in [0.2, 0.25) is 25.7 Å². The molecule has 0 bridgehead atoms. The van der Waals surface area contributed by atoms with Crippen molar-refractivity contribution in [3.05, 3.63) is 54.9 Å². The number of methoxy groups -OCH3 is 1. The Morgan fingerprint density at radius 2 is 1.84 bits per heavy atom. The average molecular weight is 619 g/mol. The van der Waals surface area contributed by atoms with Crippen LogP contribution >= 0.6 is 0 Å². The number of para-hydroxylation sites is 1. The highest BCUT2D eigenvalue weighted by Crippen LogP contribution is 2.38. The van der Waals surface area contributed by atoms with E-state index in [2.05, 4.69) is 68.0 Å². The van der Waals surface area contributed by atoms with Crippen LogP contribution in [0.25, 0.3) is 22.2 Å². The summed E-state index contributed by atoms with van der Waals surface area (Å²) < 4.78 is 13.5. The van der Waals surface area contributed by atoms with Crippen LogP contribution in [-0.4, -0.2) is 87.6 Å². The number of anilines is 4. The van der Waals surface area contributed by atoms with E-state index in [1.807, 2.05) is 51.5 Å². The smallest absolute Gasteiger partial charge is 0.411 e. The summed E-state index contributed by atoms with van der Waals surface area (Å²) >= 11 is 0. The number of hydrogen-bond acceptors (Lipinski definition) is 9. The van der Waals surface area contributed by atoms with Crippen molar-refractivity contribution < 1.29 is 14.3 Å². The highest BCUT2D eigenvalue weighted by atomic mass is 28.3. The summed E-state index contributed by atoms with van der Waals surface area (Å²) in [6.07, 6.45) is 3.31. The molecule has 12 heteroatoms. The van der Waals surface area contributed by atoms with E-state index in [0.717, 1.165) is 47.0 Å². The van der Waals surface area contributed by atoms with Gasteiger partial charge in [0.2, 0.25) is 5.95 Å². The van der Waals surface area contributed by atoms with E-state index in [1.165, 1.54) is 0 Å². The number of ether oxygens (including phenoxy) is 2. The van der Waals surface area contributed by atoms with Crippen LogP contribution in [0.3, 0.4) is 0 Å². The molecule has 0 atom stereocenters. The van der Waals surface area contributed by atoms with Crippen molar-refractivity contribution >= 4 is 48.1 Å². The Kier molecular flexibility index (Phi) is 10.8. The molecule has 0 fully saturated rings. The van der Waals surface area contributed by atoms with Crippen LogP contribution in [0.5, 0.6) is 5.75 Å². The largest absolute Gasteiger partial charge is 0.494 e. The quantitative estimate of drug-likeness (QED) is 0.155. The van der Waals surface area contributed by atoms with E-state index in [-0.39, 0.29) is 0 Å². The van der Waals surface area contributed by atoms with Crippen molar-refractivity contribution in [2.45, 2.75) is 25.7 Å². The SMILES string of the molecule is COc1cc(N(C)CCN(C)CCN)c(NC(=O)OCC[Si](C)(C)C)cc1Nc1nccc(-c2cn(C)c3ccccc23)n1. The Balaban J connectivity index is 1.64. The van der Waals surface area contributed by atoms with Crippen LogP contribution in [0, 0.1) is 0 Å². The van der Waals surface area contributed by atoms with E-state index in [0.29, 0.717) is 42.8 Å². The molecule has 4 rings (SSSR count). The summed E-state index contributed by atoms with van der Waals surface area (Å²) in [5.41, 5.74) is 10.6. The average Bonchev–Trinajstić information content (AvgIpc) is 3.32. The fraction of sp³-hybridized carbons (Fsp3) is 0.406. The third-order valence-corrected chi connectivity index (χ3v) is 9.16. The normalized spacial score (nSPS) is 11.6. The molecule has 0 aliphatic carbocycles. The lowest BCUT2D eigenvalue weighted by atomic mass is 10.1. The molecule has 2 aromatic heterocycles. The number of nitrogens with two attached hydrogens (primary N) is 1. The monoisotopic (exact) mass is 618 g/mol. The Morgan fingerprint density at radius 1 is 1.07 bits per heavy atom. The molecule has 44 heavy (non-hydrogen) atoms. The van der Waals surface area contributed by atoms with Gasteiger partial charge in [-0.05, 0) is 31.3 Å². The maximum Gasteiger partial charge on any atom is 0.411 e. The van der Waals surface area contributed by atoms with Gasteiger partial charge in [-0.25, -0.2) is 14.8 Å². The van der Waals surface area contributed by atoms with Gasteiger partial charge in [-0.15, -0.1) is 0 Å². The van der Waals surface area contributed by atoms with E-state index < -0.39 is 14.2 Å². The minimum Gasteiger partial charge on any atom is -0.494 e. The highest BCUT2D eigenvalue weighted by Gasteiger charge is 2.19. The number of carbonyl (C=O) groups is 1. The molecule has 0 aliphatic heterocycles. The van der Waals surface area contributed by atoms with Crippen molar-refractivity contribution in [3.8, 4) is 17.0 Å². The second-order valence-corrected chi connectivity index (χ2v) is 17.8. The lowest BCUT2D eigenvalue weighted by Crippen LogP contribution is -2.34. The van der Waals surface area contributed by atoms with Crippen LogP contribution in [0.15, 0.2) is 54.9 Å². The molecule has 2 heterocycles. The fourth-order valence-corrected chi connectivity index (χ4v) is 5.57. The maximum atomic E-state index is 12.9. The Morgan fingerprint density at radius 3 is 2.57 bits per heavy atom. The summed E-state index contributed by atoms with van der Waals surface area (Å²) in [7, 11) is 6.31. The number of fused-ring (bicyclic) bond motifs is 1. The van der Waals surface area contributed by atoms with Crippen molar-refractivity contribution in [1.82, 2.24) is 19.4 Å². The van der Waals surface area contributed by atoms with Crippen LogP contribution in [-0.2, 0) is 11.8 Å². The lowest BCUT2D eigenvalue weighted by Gasteiger charge is -2.27. The molecule has 4 aromatic rings. The van der Waals surface area contributed by atoms with Gasteiger partial charge >= 0.3 is 6.09 Å². The van der Waals surface area contributed by atoms with Gasteiger partial charge in [0, 0.05) is 83.3 Å². The van der Waals surface area contributed by atoms with Gasteiger partial charge in [0.05, 0.1) is 36.5 Å².